The Kier molecular flexibility index (Phi) is 7.74. The van der Waals surface area contributed by atoms with Crippen molar-refractivity contribution in [2.45, 2.75) is 33.1 Å². The average Bonchev–Trinajstić information content (AvgIpc) is 2.41. The van der Waals surface area contributed by atoms with Crippen LogP contribution >= 0.6 is 30.1 Å². The Balaban J connectivity index is 2.78. The number of benzene rings is 1. The van der Waals surface area contributed by atoms with Gasteiger partial charge in [-0.15, -0.1) is 0 Å². The summed E-state index contributed by atoms with van der Waals surface area (Å²) < 4.78 is 5.55. The maximum absolute atomic E-state index is 6.52. The van der Waals surface area contributed by atoms with Gasteiger partial charge in [-0.05, 0) is 29.7 Å². The largest absolute Gasteiger partial charge is 0.483 e. The van der Waals surface area contributed by atoms with Gasteiger partial charge in [-0.25, -0.2) is 0 Å². The number of ether oxygens (including phenoxy) is 1. The Morgan fingerprint density at radius 1 is 1.22 bits per heavy atom. The van der Waals surface area contributed by atoms with E-state index in [-0.39, 0.29) is 0 Å². The van der Waals surface area contributed by atoms with Gasteiger partial charge in [-0.3, -0.25) is 0 Å². The molecule has 0 aromatic heterocycles. The van der Waals surface area contributed by atoms with Gasteiger partial charge >= 0.3 is 0 Å². The van der Waals surface area contributed by atoms with Crippen molar-refractivity contribution in [3.8, 4) is 0 Å². The molecule has 1 atom stereocenters. The normalized spacial score (nSPS) is 14.0. The fraction of sp³-hybridized carbons (Fsp3) is 0.429. The van der Waals surface area contributed by atoms with Crippen molar-refractivity contribution >= 4 is 35.4 Å². The summed E-state index contributed by atoms with van der Waals surface area (Å²) in [7, 11) is -0.905. The number of allylic oxidation sites excluding steroid dienone is 1. The van der Waals surface area contributed by atoms with Crippen LogP contribution in [-0.2, 0) is 4.74 Å². The molecule has 18 heavy (non-hydrogen) atoms. The number of rotatable bonds is 7. The summed E-state index contributed by atoms with van der Waals surface area (Å²) in [6, 6.07) is 10.0. The predicted molar refractivity (Wildman–Crippen MR) is 82.9 cm³/mol. The van der Waals surface area contributed by atoms with Crippen LogP contribution in [0.3, 0.4) is 0 Å². The van der Waals surface area contributed by atoms with Crippen LogP contribution in [0.4, 0.5) is 0 Å². The second-order valence-corrected chi connectivity index (χ2v) is 6.87. The van der Waals surface area contributed by atoms with Crippen molar-refractivity contribution in [1.29, 1.82) is 0 Å². The molecule has 1 rings (SSSR count). The highest BCUT2D eigenvalue weighted by Crippen LogP contribution is 2.52. The zero-order valence-corrected chi connectivity index (χ0v) is 13.2. The second-order valence-electron chi connectivity index (χ2n) is 3.89. The molecule has 0 saturated heterocycles. The van der Waals surface area contributed by atoms with Gasteiger partial charge in [0.05, 0.1) is 13.9 Å². The van der Waals surface area contributed by atoms with Crippen molar-refractivity contribution in [3.63, 3.8) is 0 Å². The molecule has 0 bridgehead atoms. The van der Waals surface area contributed by atoms with Crippen LogP contribution in [0.25, 0.3) is 0 Å². The summed E-state index contributed by atoms with van der Waals surface area (Å²) in [5, 5.41) is 2.61. The summed E-state index contributed by atoms with van der Waals surface area (Å²) in [6.45, 7) is 4.84. The third kappa shape index (κ3) is 4.80. The van der Waals surface area contributed by atoms with Crippen LogP contribution < -0.4 is 5.30 Å². The molecule has 1 aromatic rings. The van der Waals surface area contributed by atoms with Gasteiger partial charge in [-0.1, -0.05) is 61.8 Å². The van der Waals surface area contributed by atoms with Gasteiger partial charge in [0.2, 0.25) is 0 Å². The quantitative estimate of drug-likeness (QED) is 0.363. The molecule has 0 amide bonds. The lowest BCUT2D eigenvalue weighted by atomic mass is 10.4. The molecule has 0 N–H and O–H groups in total. The molecule has 1 aromatic carbocycles. The van der Waals surface area contributed by atoms with Crippen LogP contribution in [0, 0.1) is 0 Å². The van der Waals surface area contributed by atoms with Crippen LogP contribution in [-0.4, -0.2) is 6.61 Å². The lowest BCUT2D eigenvalue weighted by Gasteiger charge is -2.15. The van der Waals surface area contributed by atoms with Gasteiger partial charge in [0.15, 0.2) is 5.22 Å². The average molecular weight is 305 g/mol. The van der Waals surface area contributed by atoms with Crippen molar-refractivity contribution in [1.82, 2.24) is 0 Å². The summed E-state index contributed by atoms with van der Waals surface area (Å²) in [5.41, 5.74) is 0. The van der Waals surface area contributed by atoms with Gasteiger partial charge in [0.1, 0.15) is 0 Å². The second kappa shape index (κ2) is 8.80. The van der Waals surface area contributed by atoms with Crippen molar-refractivity contribution < 1.29 is 4.74 Å². The molecule has 0 aliphatic carbocycles. The molecule has 0 saturated carbocycles. The molecule has 100 valence electrons. The van der Waals surface area contributed by atoms with Crippen LogP contribution in [0.5, 0.6) is 0 Å². The Bertz CT molecular complexity index is 379. The lowest BCUT2D eigenvalue weighted by Crippen LogP contribution is -2.00. The first kappa shape index (κ1) is 15.8. The highest BCUT2D eigenvalue weighted by molar-refractivity contribution is 7.93. The molecule has 0 radical (unpaired) electrons. The number of halogens is 2. The van der Waals surface area contributed by atoms with Crippen LogP contribution in [0.2, 0.25) is 0 Å². The Morgan fingerprint density at radius 2 is 1.89 bits per heavy atom. The van der Waals surface area contributed by atoms with Crippen molar-refractivity contribution in [2.75, 3.05) is 6.61 Å². The third-order valence-corrected chi connectivity index (χ3v) is 5.92. The summed E-state index contributed by atoms with van der Waals surface area (Å²) in [6.07, 6.45) is 2.92. The number of hydrogen-bond acceptors (Lipinski definition) is 1. The monoisotopic (exact) mass is 304 g/mol. The van der Waals surface area contributed by atoms with E-state index in [1.54, 1.807) is 0 Å². The zero-order chi connectivity index (χ0) is 13.4. The topological polar surface area (TPSA) is 9.23 Å². The SMILES string of the molecule is CCCCO/C(Cl)=C(/CC)P(Cl)c1ccccc1. The van der Waals surface area contributed by atoms with Gasteiger partial charge in [0.25, 0.3) is 0 Å². The smallest absolute Gasteiger partial charge is 0.192 e. The van der Waals surface area contributed by atoms with Gasteiger partial charge in [-0.2, -0.15) is 0 Å². The lowest BCUT2D eigenvalue weighted by molar-refractivity contribution is 0.229. The van der Waals surface area contributed by atoms with Crippen LogP contribution in [0.15, 0.2) is 40.9 Å². The zero-order valence-electron chi connectivity index (χ0n) is 10.8. The van der Waals surface area contributed by atoms with Gasteiger partial charge < -0.3 is 4.74 Å². The standard InChI is InChI=1S/C14H19Cl2OP/c1-3-5-11-17-14(15)13(4-2)18(16)12-9-7-6-8-10-12/h6-10H,3-5,11H2,1-2H3/b14-13-. The fourth-order valence-corrected chi connectivity index (χ4v) is 4.22. The minimum atomic E-state index is -0.905. The van der Waals surface area contributed by atoms with Crippen LogP contribution in [0.1, 0.15) is 33.1 Å². The molecule has 0 aliphatic heterocycles. The van der Waals surface area contributed by atoms with E-state index in [0.717, 1.165) is 29.9 Å². The summed E-state index contributed by atoms with van der Waals surface area (Å²) in [5.74, 6) is 0. The molecular weight excluding hydrogens is 286 g/mol. The highest BCUT2D eigenvalue weighted by Gasteiger charge is 2.16. The Hall–Kier alpha value is -0.230. The van der Waals surface area contributed by atoms with Crippen molar-refractivity contribution in [3.05, 3.63) is 40.9 Å². The minimum Gasteiger partial charge on any atom is -0.483 e. The van der Waals surface area contributed by atoms with E-state index in [0.29, 0.717) is 11.8 Å². The molecule has 4 heteroatoms. The number of hydrogen-bond donors (Lipinski definition) is 0. The fourth-order valence-electron chi connectivity index (χ4n) is 1.46. The molecule has 0 spiro atoms. The molecule has 1 unspecified atom stereocenters. The van der Waals surface area contributed by atoms with Gasteiger partial charge in [0, 0.05) is 5.31 Å². The van der Waals surface area contributed by atoms with E-state index >= 15 is 0 Å². The predicted octanol–water partition coefficient (Wildman–Crippen LogP) is 5.58. The summed E-state index contributed by atoms with van der Waals surface area (Å²) >= 11 is 12.7. The van der Waals surface area contributed by atoms with E-state index in [1.165, 1.54) is 0 Å². The van der Waals surface area contributed by atoms with E-state index in [9.17, 15) is 0 Å². The van der Waals surface area contributed by atoms with E-state index in [1.807, 2.05) is 30.3 Å². The first-order valence-electron chi connectivity index (χ1n) is 6.23. The molecule has 0 heterocycles. The third-order valence-electron chi connectivity index (χ3n) is 2.51. The Labute approximate surface area is 121 Å². The molecule has 0 fully saturated rings. The Morgan fingerprint density at radius 3 is 2.44 bits per heavy atom. The first-order valence-corrected chi connectivity index (χ1v) is 8.85. The maximum Gasteiger partial charge on any atom is 0.192 e. The van der Waals surface area contributed by atoms with E-state index < -0.39 is 7.27 Å². The highest BCUT2D eigenvalue weighted by atomic mass is 35.7. The minimum absolute atomic E-state index is 0.482. The summed E-state index contributed by atoms with van der Waals surface area (Å²) in [4.78, 5) is 0. The molecule has 1 nitrogen and oxygen atoms in total. The first-order chi connectivity index (χ1) is 8.70. The number of unbranched alkanes of at least 4 members (excludes halogenated alkanes) is 1. The maximum atomic E-state index is 6.52. The molecular formula is C14H19Cl2OP. The molecule has 0 aliphatic rings. The van der Waals surface area contributed by atoms with E-state index in [2.05, 4.69) is 13.8 Å². The van der Waals surface area contributed by atoms with E-state index in [4.69, 9.17) is 27.6 Å². The van der Waals surface area contributed by atoms with Crippen molar-refractivity contribution in [2.24, 2.45) is 0 Å².